The maximum atomic E-state index is 12.2. The van der Waals surface area contributed by atoms with E-state index in [0.29, 0.717) is 0 Å². The monoisotopic (exact) mass is 319 g/mol. The maximum absolute atomic E-state index is 12.2. The first-order valence-electron chi connectivity index (χ1n) is 6.10. The van der Waals surface area contributed by atoms with E-state index in [1.807, 2.05) is 24.0 Å². The Morgan fingerprint density at radius 3 is 2.56 bits per heavy atom. The van der Waals surface area contributed by atoms with Crippen LogP contribution in [-0.2, 0) is 37.4 Å². The quantitative estimate of drug-likeness (QED) is 0.584. The number of likely N-dealkylation sites (tertiary alicyclic amines) is 1. The molecule has 93 valence electrons. The first-order valence-corrected chi connectivity index (χ1v) is 6.10. The van der Waals surface area contributed by atoms with Crippen molar-refractivity contribution in [2.45, 2.75) is 25.4 Å². The molecule has 0 saturated carbocycles. The molecular weight excluding hydrogens is 303 g/mol. The fourth-order valence-electron chi connectivity index (χ4n) is 2.33. The summed E-state index contributed by atoms with van der Waals surface area (Å²) in [5, 5.41) is 0. The molecule has 1 aromatic rings. The molecule has 0 unspecified atom stereocenters. The molecule has 2 saturated heterocycles. The van der Waals surface area contributed by atoms with Crippen LogP contribution in [0.25, 0.3) is 0 Å². The number of rotatable bonds is 1. The van der Waals surface area contributed by atoms with Crippen LogP contribution in [0.4, 0.5) is 0 Å². The van der Waals surface area contributed by atoms with Gasteiger partial charge in [0.1, 0.15) is 0 Å². The number of benzene rings is 1. The van der Waals surface area contributed by atoms with E-state index in [-0.39, 0.29) is 44.2 Å². The average Bonchev–Trinajstić information content (AvgIpc) is 3.10. The van der Waals surface area contributed by atoms with Gasteiger partial charge in [0.2, 0.25) is 0 Å². The van der Waals surface area contributed by atoms with Crippen molar-refractivity contribution in [2.24, 2.45) is 0 Å². The number of aryl methyl sites for hydroxylation is 1. The van der Waals surface area contributed by atoms with E-state index in [1.54, 1.807) is 6.07 Å². The van der Waals surface area contributed by atoms with E-state index in [2.05, 4.69) is 6.07 Å². The SMILES string of the molecule is Cc1[c-]cc(C(=O)N2CCC3(CC2)CO3)cc1.[Y]. The molecule has 0 aliphatic carbocycles. The Morgan fingerprint density at radius 2 is 2.06 bits per heavy atom. The third-order valence-corrected chi connectivity index (χ3v) is 3.73. The molecule has 1 radical (unpaired) electrons. The van der Waals surface area contributed by atoms with Crippen LogP contribution in [0.3, 0.4) is 0 Å². The summed E-state index contributed by atoms with van der Waals surface area (Å²) in [4.78, 5) is 14.1. The van der Waals surface area contributed by atoms with Crippen molar-refractivity contribution < 1.29 is 42.2 Å². The zero-order valence-corrected chi connectivity index (χ0v) is 13.4. The molecule has 0 aromatic heterocycles. The molecule has 0 N–H and O–H groups in total. The van der Waals surface area contributed by atoms with Crippen LogP contribution in [0.1, 0.15) is 28.8 Å². The summed E-state index contributed by atoms with van der Waals surface area (Å²) in [5.41, 5.74) is 1.93. The summed E-state index contributed by atoms with van der Waals surface area (Å²) in [7, 11) is 0. The van der Waals surface area contributed by atoms with Gasteiger partial charge in [0.05, 0.1) is 12.2 Å². The van der Waals surface area contributed by atoms with Crippen LogP contribution in [0.2, 0.25) is 0 Å². The predicted molar refractivity (Wildman–Crippen MR) is 63.8 cm³/mol. The average molecular weight is 319 g/mol. The molecule has 0 atom stereocenters. The summed E-state index contributed by atoms with van der Waals surface area (Å²) in [6, 6.07) is 8.68. The van der Waals surface area contributed by atoms with Gasteiger partial charge in [-0.3, -0.25) is 4.79 Å². The molecule has 2 aliphatic heterocycles. The summed E-state index contributed by atoms with van der Waals surface area (Å²) < 4.78 is 5.44. The number of nitrogens with zero attached hydrogens (tertiary/aromatic N) is 1. The third-order valence-electron chi connectivity index (χ3n) is 3.73. The second-order valence-electron chi connectivity index (χ2n) is 5.02. The summed E-state index contributed by atoms with van der Waals surface area (Å²) >= 11 is 0. The molecule has 2 aliphatic rings. The largest absolute Gasteiger partial charge is 0.369 e. The minimum absolute atomic E-state index is 0. The molecule has 2 fully saturated rings. The predicted octanol–water partition coefficient (Wildman–Crippen LogP) is 1.80. The smallest absolute Gasteiger partial charge is 0.198 e. The van der Waals surface area contributed by atoms with Crippen molar-refractivity contribution >= 4 is 5.91 Å². The number of carbonyl (C=O) groups is 1. The van der Waals surface area contributed by atoms with Crippen molar-refractivity contribution in [1.29, 1.82) is 0 Å². The van der Waals surface area contributed by atoms with Gasteiger partial charge in [0.15, 0.2) is 5.91 Å². The van der Waals surface area contributed by atoms with Gasteiger partial charge in [-0.2, -0.15) is 29.8 Å². The number of carbonyl (C=O) groups excluding carboxylic acids is 1. The number of hydrogen-bond donors (Lipinski definition) is 0. The van der Waals surface area contributed by atoms with Crippen molar-refractivity contribution in [3.63, 3.8) is 0 Å². The summed E-state index contributed by atoms with van der Waals surface area (Å²) in [5.74, 6) is 0.122. The Balaban J connectivity index is 0.00000120. The van der Waals surface area contributed by atoms with Gasteiger partial charge in [0.25, 0.3) is 0 Å². The molecule has 0 bridgehead atoms. The van der Waals surface area contributed by atoms with Gasteiger partial charge < -0.3 is 9.64 Å². The van der Waals surface area contributed by atoms with Gasteiger partial charge in [-0.15, -0.1) is 0 Å². The molecule has 3 nitrogen and oxygen atoms in total. The van der Waals surface area contributed by atoms with E-state index in [9.17, 15) is 4.79 Å². The third kappa shape index (κ3) is 2.84. The zero-order chi connectivity index (χ0) is 11.9. The van der Waals surface area contributed by atoms with Crippen LogP contribution >= 0.6 is 0 Å². The number of hydrogen-bond acceptors (Lipinski definition) is 2. The zero-order valence-electron chi connectivity index (χ0n) is 10.6. The minimum Gasteiger partial charge on any atom is -0.369 e. The standard InChI is InChI=1S/C14H16NO2.Y/c1-11-2-4-12(5-3-11)13(16)15-8-6-14(7-9-15)10-17-14;/h2,4-5H,6-10H2,1H3;/q-1;. The maximum Gasteiger partial charge on any atom is 0.198 e. The van der Waals surface area contributed by atoms with Gasteiger partial charge in [0, 0.05) is 45.8 Å². The minimum atomic E-state index is 0. The Morgan fingerprint density at radius 1 is 1.39 bits per heavy atom. The molecule has 1 amide bonds. The van der Waals surface area contributed by atoms with Crippen molar-refractivity contribution in [3.05, 3.63) is 35.4 Å². The van der Waals surface area contributed by atoms with Crippen LogP contribution in [0.5, 0.6) is 0 Å². The first-order chi connectivity index (χ1) is 8.19. The van der Waals surface area contributed by atoms with Gasteiger partial charge in [-0.05, 0) is 12.8 Å². The molecule has 4 heteroatoms. The van der Waals surface area contributed by atoms with Crippen molar-refractivity contribution in [2.75, 3.05) is 19.7 Å². The number of amides is 1. The fraction of sp³-hybridized carbons (Fsp3) is 0.500. The van der Waals surface area contributed by atoms with Crippen molar-refractivity contribution in [3.8, 4) is 0 Å². The molecular formula is C14H16NO2Y-. The Hall–Kier alpha value is -0.246. The van der Waals surface area contributed by atoms with Gasteiger partial charge >= 0.3 is 0 Å². The van der Waals surface area contributed by atoms with E-state index in [4.69, 9.17) is 4.74 Å². The van der Waals surface area contributed by atoms with Gasteiger partial charge in [-0.25, -0.2) is 0 Å². The molecule has 1 spiro atoms. The van der Waals surface area contributed by atoms with Gasteiger partial charge in [-0.1, -0.05) is 12.5 Å². The van der Waals surface area contributed by atoms with E-state index >= 15 is 0 Å². The molecule has 1 aromatic carbocycles. The first kappa shape index (κ1) is 14.2. The molecule has 3 rings (SSSR count). The number of ether oxygens (including phenoxy) is 1. The van der Waals surface area contributed by atoms with Crippen LogP contribution in [0.15, 0.2) is 18.2 Å². The summed E-state index contributed by atoms with van der Waals surface area (Å²) in [6.07, 6.45) is 1.96. The normalized spacial score (nSPS) is 20.4. The van der Waals surface area contributed by atoms with Crippen LogP contribution < -0.4 is 0 Å². The number of piperidine rings is 1. The second-order valence-corrected chi connectivity index (χ2v) is 5.02. The van der Waals surface area contributed by atoms with Crippen molar-refractivity contribution in [1.82, 2.24) is 4.90 Å². The van der Waals surface area contributed by atoms with Crippen LogP contribution in [0, 0.1) is 13.0 Å². The Labute approximate surface area is 133 Å². The van der Waals surface area contributed by atoms with E-state index in [0.717, 1.165) is 43.7 Å². The topological polar surface area (TPSA) is 32.8 Å². The molecule has 18 heavy (non-hydrogen) atoms. The summed E-state index contributed by atoms with van der Waals surface area (Å²) in [6.45, 7) is 4.48. The number of epoxide rings is 1. The molecule has 2 heterocycles. The Bertz CT molecular complexity index is 430. The second kappa shape index (κ2) is 5.40. The fourth-order valence-corrected chi connectivity index (χ4v) is 2.33. The van der Waals surface area contributed by atoms with E-state index < -0.39 is 0 Å². The Kier molecular flexibility index (Phi) is 4.25. The van der Waals surface area contributed by atoms with E-state index in [1.165, 1.54) is 0 Å². The van der Waals surface area contributed by atoms with Crippen LogP contribution in [-0.4, -0.2) is 36.1 Å².